The number of rotatable bonds is 5. The summed E-state index contributed by atoms with van der Waals surface area (Å²) in [5.74, 6) is 0.280. The molecule has 3 rings (SSSR count). The number of benzene rings is 1. The van der Waals surface area contributed by atoms with E-state index in [4.69, 9.17) is 23.2 Å². The summed E-state index contributed by atoms with van der Waals surface area (Å²) >= 11 is 13.6. The van der Waals surface area contributed by atoms with Gasteiger partial charge in [0.1, 0.15) is 0 Å². The van der Waals surface area contributed by atoms with Crippen molar-refractivity contribution in [1.29, 1.82) is 0 Å². The van der Waals surface area contributed by atoms with E-state index >= 15 is 0 Å². The second kappa shape index (κ2) is 7.72. The molecule has 1 aliphatic rings. The van der Waals surface area contributed by atoms with Crippen LogP contribution in [-0.2, 0) is 11.3 Å². The fraction of sp³-hybridized carbons (Fsp3) is 0.412. The molecular formula is C17H19Cl2N3OS. The number of amides is 1. The third-order valence-corrected chi connectivity index (χ3v) is 5.82. The van der Waals surface area contributed by atoms with Gasteiger partial charge in [-0.1, -0.05) is 23.2 Å². The summed E-state index contributed by atoms with van der Waals surface area (Å²) in [4.78, 5) is 19.3. The highest BCUT2D eigenvalue weighted by molar-refractivity contribution is 7.07. The monoisotopic (exact) mass is 383 g/mol. The quantitative estimate of drug-likeness (QED) is 0.753. The summed E-state index contributed by atoms with van der Waals surface area (Å²) in [5, 5.41) is 3.13. The van der Waals surface area contributed by atoms with E-state index in [0.29, 0.717) is 16.5 Å². The van der Waals surface area contributed by atoms with Crippen LogP contribution in [-0.4, -0.2) is 28.5 Å². The van der Waals surface area contributed by atoms with Gasteiger partial charge in [-0.2, -0.15) is 0 Å². The van der Waals surface area contributed by atoms with Crippen molar-refractivity contribution < 1.29 is 4.79 Å². The average Bonchev–Trinajstić information content (AvgIpc) is 3.11. The lowest BCUT2D eigenvalue weighted by Crippen LogP contribution is -2.27. The molecule has 128 valence electrons. The van der Waals surface area contributed by atoms with Crippen molar-refractivity contribution in [2.45, 2.75) is 32.7 Å². The fourth-order valence-corrected chi connectivity index (χ4v) is 4.02. The van der Waals surface area contributed by atoms with Gasteiger partial charge in [0.25, 0.3) is 0 Å². The largest absolute Gasteiger partial charge is 0.343 e. The van der Waals surface area contributed by atoms with Crippen molar-refractivity contribution in [2.24, 2.45) is 4.99 Å². The molecule has 2 heterocycles. The summed E-state index contributed by atoms with van der Waals surface area (Å²) < 4.78 is 2.19. The standard InChI is InChI=1S/C17H19Cl2N3OS/c1-12-11-24-17(20-13-5-6-14(18)15(19)10-13)22(12)9-3-8-21-7-2-4-16(21)23/h5-6,10-11H,2-4,7-9H2,1H3. The number of hydrogen-bond acceptors (Lipinski definition) is 3. The maximum Gasteiger partial charge on any atom is 0.222 e. The van der Waals surface area contributed by atoms with Crippen molar-refractivity contribution in [3.8, 4) is 0 Å². The number of carbonyl (C=O) groups excluding carboxylic acids is 1. The molecule has 1 saturated heterocycles. The summed E-state index contributed by atoms with van der Waals surface area (Å²) in [7, 11) is 0. The Morgan fingerprint density at radius 1 is 1.25 bits per heavy atom. The van der Waals surface area contributed by atoms with Crippen LogP contribution in [0.25, 0.3) is 0 Å². The highest BCUT2D eigenvalue weighted by Gasteiger charge is 2.19. The van der Waals surface area contributed by atoms with Crippen LogP contribution in [0, 0.1) is 6.92 Å². The van der Waals surface area contributed by atoms with E-state index in [9.17, 15) is 4.79 Å². The Kier molecular flexibility index (Phi) is 5.64. The van der Waals surface area contributed by atoms with Crippen LogP contribution < -0.4 is 4.80 Å². The smallest absolute Gasteiger partial charge is 0.222 e. The Balaban J connectivity index is 1.74. The molecule has 1 aromatic carbocycles. The molecule has 0 aliphatic carbocycles. The predicted octanol–water partition coefficient (Wildman–Crippen LogP) is 4.41. The summed E-state index contributed by atoms with van der Waals surface area (Å²) in [6.07, 6.45) is 2.61. The lowest BCUT2D eigenvalue weighted by molar-refractivity contribution is -0.127. The van der Waals surface area contributed by atoms with Crippen LogP contribution in [0.5, 0.6) is 0 Å². The van der Waals surface area contributed by atoms with Crippen LogP contribution in [0.1, 0.15) is 25.0 Å². The van der Waals surface area contributed by atoms with Crippen LogP contribution >= 0.6 is 34.5 Å². The Morgan fingerprint density at radius 2 is 2.08 bits per heavy atom. The van der Waals surface area contributed by atoms with Gasteiger partial charge < -0.3 is 9.47 Å². The third-order valence-electron chi connectivity index (χ3n) is 4.10. The SMILES string of the molecule is Cc1csc(=Nc2ccc(Cl)c(Cl)c2)n1CCCN1CCCC1=O. The summed E-state index contributed by atoms with van der Waals surface area (Å²) in [6, 6.07) is 5.38. The van der Waals surface area contributed by atoms with Gasteiger partial charge in [-0.3, -0.25) is 4.79 Å². The lowest BCUT2D eigenvalue weighted by Gasteiger charge is -2.15. The van der Waals surface area contributed by atoms with Crippen molar-refractivity contribution in [2.75, 3.05) is 13.1 Å². The number of thiazole rings is 1. The van der Waals surface area contributed by atoms with Crippen molar-refractivity contribution in [3.63, 3.8) is 0 Å². The zero-order chi connectivity index (χ0) is 17.1. The first kappa shape index (κ1) is 17.5. The predicted molar refractivity (Wildman–Crippen MR) is 99.2 cm³/mol. The third kappa shape index (κ3) is 4.02. The van der Waals surface area contributed by atoms with Gasteiger partial charge in [-0.25, -0.2) is 4.99 Å². The number of aryl methyl sites for hydroxylation is 1. The molecule has 0 unspecified atom stereocenters. The Morgan fingerprint density at radius 3 is 2.79 bits per heavy atom. The molecule has 0 bridgehead atoms. The van der Waals surface area contributed by atoms with Crippen LogP contribution in [0.2, 0.25) is 10.0 Å². The minimum Gasteiger partial charge on any atom is -0.343 e. The second-order valence-electron chi connectivity index (χ2n) is 5.86. The van der Waals surface area contributed by atoms with Crippen molar-refractivity contribution in [1.82, 2.24) is 9.47 Å². The molecule has 0 saturated carbocycles. The molecule has 24 heavy (non-hydrogen) atoms. The van der Waals surface area contributed by atoms with Crippen molar-refractivity contribution in [3.05, 3.63) is 44.1 Å². The molecule has 0 atom stereocenters. The normalized spacial score (nSPS) is 15.5. The van der Waals surface area contributed by atoms with E-state index in [1.54, 1.807) is 23.5 Å². The topological polar surface area (TPSA) is 37.6 Å². The molecule has 1 amide bonds. The number of likely N-dealkylation sites (tertiary alicyclic amines) is 1. The van der Waals surface area contributed by atoms with Crippen molar-refractivity contribution >= 4 is 46.1 Å². The van der Waals surface area contributed by atoms with Gasteiger partial charge in [0.15, 0.2) is 4.80 Å². The number of carbonyl (C=O) groups is 1. The van der Waals surface area contributed by atoms with Gasteiger partial charge in [0, 0.05) is 37.1 Å². The van der Waals surface area contributed by atoms with E-state index in [-0.39, 0.29) is 5.91 Å². The zero-order valence-corrected chi connectivity index (χ0v) is 15.8. The zero-order valence-electron chi connectivity index (χ0n) is 13.5. The highest BCUT2D eigenvalue weighted by atomic mass is 35.5. The van der Waals surface area contributed by atoms with Crippen LogP contribution in [0.3, 0.4) is 0 Å². The maximum atomic E-state index is 11.7. The van der Waals surface area contributed by atoms with E-state index < -0.39 is 0 Å². The Bertz CT molecular complexity index is 812. The fourth-order valence-electron chi connectivity index (χ4n) is 2.80. The molecule has 1 fully saturated rings. The molecule has 0 spiro atoms. The highest BCUT2D eigenvalue weighted by Crippen LogP contribution is 2.26. The molecule has 2 aromatic rings. The molecule has 7 heteroatoms. The maximum absolute atomic E-state index is 11.7. The molecule has 1 aromatic heterocycles. The first-order valence-corrected chi connectivity index (χ1v) is 9.60. The van der Waals surface area contributed by atoms with E-state index in [2.05, 4.69) is 21.9 Å². The molecule has 0 radical (unpaired) electrons. The Labute approximate surface area is 155 Å². The summed E-state index contributed by atoms with van der Waals surface area (Å²) in [6.45, 7) is 4.63. The van der Waals surface area contributed by atoms with Crippen LogP contribution in [0.4, 0.5) is 5.69 Å². The minimum atomic E-state index is 0.280. The minimum absolute atomic E-state index is 0.280. The van der Waals surface area contributed by atoms with Gasteiger partial charge in [0.05, 0.1) is 15.7 Å². The van der Waals surface area contributed by atoms with Gasteiger partial charge in [0.2, 0.25) is 5.91 Å². The van der Waals surface area contributed by atoms with Gasteiger partial charge in [-0.15, -0.1) is 11.3 Å². The van der Waals surface area contributed by atoms with Gasteiger partial charge in [-0.05, 0) is 38.0 Å². The molecular weight excluding hydrogens is 365 g/mol. The number of hydrogen-bond donors (Lipinski definition) is 0. The molecule has 0 N–H and O–H groups in total. The lowest BCUT2D eigenvalue weighted by atomic mass is 10.3. The first-order valence-electron chi connectivity index (χ1n) is 7.97. The number of halogens is 2. The van der Waals surface area contributed by atoms with E-state index in [1.807, 2.05) is 11.0 Å². The average molecular weight is 384 g/mol. The van der Waals surface area contributed by atoms with Crippen LogP contribution in [0.15, 0.2) is 28.6 Å². The number of nitrogens with zero attached hydrogens (tertiary/aromatic N) is 3. The summed E-state index contributed by atoms with van der Waals surface area (Å²) in [5.41, 5.74) is 1.96. The second-order valence-corrected chi connectivity index (χ2v) is 7.51. The Hall–Kier alpha value is -1.30. The molecule has 1 aliphatic heterocycles. The number of aromatic nitrogens is 1. The molecule has 4 nitrogen and oxygen atoms in total. The first-order chi connectivity index (χ1) is 11.5. The van der Waals surface area contributed by atoms with E-state index in [0.717, 1.165) is 43.0 Å². The van der Waals surface area contributed by atoms with E-state index in [1.165, 1.54) is 5.69 Å². The van der Waals surface area contributed by atoms with Gasteiger partial charge >= 0.3 is 0 Å².